The molecule has 0 radical (unpaired) electrons. The zero-order chi connectivity index (χ0) is 19.3. The summed E-state index contributed by atoms with van der Waals surface area (Å²) in [6, 6.07) is 4.25. The van der Waals surface area contributed by atoms with E-state index in [1.165, 1.54) is 12.1 Å². The number of aliphatic carboxylic acids is 1. The molecule has 1 aromatic rings. The monoisotopic (exact) mass is 365 g/mol. The summed E-state index contributed by atoms with van der Waals surface area (Å²) in [5.74, 6) is -1.35. The minimum Gasteiger partial charge on any atom is -0.480 e. The lowest BCUT2D eigenvalue weighted by molar-refractivity contribution is -0.139. The first-order valence-electron chi connectivity index (χ1n) is 9.08. The highest BCUT2D eigenvalue weighted by atomic mass is 19.1. The number of aryl methyl sites for hydroxylation is 1. The van der Waals surface area contributed by atoms with Gasteiger partial charge in [-0.3, -0.25) is 19.4 Å². The van der Waals surface area contributed by atoms with Crippen LogP contribution in [-0.2, 0) is 9.59 Å². The number of rotatable bonds is 7. The molecule has 0 saturated carbocycles. The van der Waals surface area contributed by atoms with Gasteiger partial charge >= 0.3 is 5.97 Å². The minimum absolute atomic E-state index is 0.0516. The Morgan fingerprint density at radius 3 is 2.62 bits per heavy atom. The van der Waals surface area contributed by atoms with Crippen LogP contribution in [0.4, 0.5) is 10.1 Å². The standard InChI is InChI=1S/C19H28FN3O3/c1-4-22(12-18(24)25)16-7-9-23(10-8-16)14(3)19(26)21-17-11-15(20)6-5-13(17)2/h5-6,11,14,16H,4,7-10,12H2,1-3H3,(H,21,26)(H,24,25). The van der Waals surface area contributed by atoms with E-state index in [1.807, 2.05) is 25.7 Å². The van der Waals surface area contributed by atoms with Crippen molar-refractivity contribution in [3.05, 3.63) is 29.6 Å². The molecule has 0 aliphatic carbocycles. The fourth-order valence-electron chi connectivity index (χ4n) is 3.44. The predicted octanol–water partition coefficient (Wildman–Crippen LogP) is 2.33. The van der Waals surface area contributed by atoms with Crippen molar-refractivity contribution >= 4 is 17.6 Å². The van der Waals surface area contributed by atoms with Crippen molar-refractivity contribution in [3.63, 3.8) is 0 Å². The van der Waals surface area contributed by atoms with E-state index in [0.717, 1.165) is 31.5 Å². The van der Waals surface area contributed by atoms with Crippen LogP contribution in [0.3, 0.4) is 0 Å². The Labute approximate surface area is 154 Å². The summed E-state index contributed by atoms with van der Waals surface area (Å²) >= 11 is 0. The highest BCUT2D eigenvalue weighted by Gasteiger charge is 2.29. The summed E-state index contributed by atoms with van der Waals surface area (Å²) in [4.78, 5) is 27.6. The number of carbonyl (C=O) groups excluding carboxylic acids is 1. The highest BCUT2D eigenvalue weighted by Crippen LogP contribution is 2.20. The van der Waals surface area contributed by atoms with Gasteiger partial charge in [-0.15, -0.1) is 0 Å². The van der Waals surface area contributed by atoms with Crippen molar-refractivity contribution in [3.8, 4) is 0 Å². The molecule has 1 fully saturated rings. The van der Waals surface area contributed by atoms with Crippen LogP contribution >= 0.6 is 0 Å². The van der Waals surface area contributed by atoms with Gasteiger partial charge in [0, 0.05) is 24.8 Å². The predicted molar refractivity (Wildman–Crippen MR) is 98.7 cm³/mol. The SMILES string of the molecule is CCN(CC(=O)O)C1CCN(C(C)C(=O)Nc2cc(F)ccc2C)CC1. The summed E-state index contributed by atoms with van der Waals surface area (Å²) in [6.45, 7) is 7.86. The van der Waals surface area contributed by atoms with E-state index in [1.54, 1.807) is 6.07 Å². The number of carboxylic acids is 1. The quantitative estimate of drug-likeness (QED) is 0.776. The number of halogens is 1. The molecule has 26 heavy (non-hydrogen) atoms. The van der Waals surface area contributed by atoms with E-state index in [4.69, 9.17) is 5.11 Å². The number of piperidine rings is 1. The van der Waals surface area contributed by atoms with Crippen LogP contribution in [0.15, 0.2) is 18.2 Å². The van der Waals surface area contributed by atoms with Gasteiger partial charge in [-0.1, -0.05) is 13.0 Å². The lowest BCUT2D eigenvalue weighted by Crippen LogP contribution is -2.51. The summed E-state index contributed by atoms with van der Waals surface area (Å²) in [5, 5.41) is 11.8. The highest BCUT2D eigenvalue weighted by molar-refractivity contribution is 5.95. The summed E-state index contributed by atoms with van der Waals surface area (Å²) < 4.78 is 13.4. The third-order valence-corrected chi connectivity index (χ3v) is 5.14. The molecule has 0 bridgehead atoms. The number of likely N-dealkylation sites (tertiary alicyclic amines) is 1. The van der Waals surface area contributed by atoms with Crippen molar-refractivity contribution in [1.82, 2.24) is 9.80 Å². The first kappa shape index (κ1) is 20.3. The maximum atomic E-state index is 13.4. The van der Waals surface area contributed by atoms with E-state index in [9.17, 15) is 14.0 Å². The van der Waals surface area contributed by atoms with E-state index >= 15 is 0 Å². The molecule has 7 heteroatoms. The maximum absolute atomic E-state index is 13.4. The van der Waals surface area contributed by atoms with Crippen LogP contribution in [0.5, 0.6) is 0 Å². The van der Waals surface area contributed by atoms with Crippen molar-refractivity contribution in [2.24, 2.45) is 0 Å². The van der Waals surface area contributed by atoms with Crippen LogP contribution in [0, 0.1) is 12.7 Å². The Morgan fingerprint density at radius 2 is 2.04 bits per heavy atom. The second-order valence-electron chi connectivity index (χ2n) is 6.85. The number of carboxylic acid groups (broad SMARTS) is 1. The van der Waals surface area contributed by atoms with Crippen LogP contribution in [0.2, 0.25) is 0 Å². The van der Waals surface area contributed by atoms with Gasteiger partial charge in [0.15, 0.2) is 0 Å². The van der Waals surface area contributed by atoms with E-state index in [0.29, 0.717) is 12.2 Å². The van der Waals surface area contributed by atoms with Gasteiger partial charge in [0.1, 0.15) is 5.82 Å². The third kappa shape index (κ3) is 5.25. The number of likely N-dealkylation sites (N-methyl/N-ethyl adjacent to an activating group) is 1. The molecule has 2 N–H and O–H groups in total. The molecule has 1 aliphatic heterocycles. The fraction of sp³-hybridized carbons (Fsp3) is 0.579. The van der Waals surface area contributed by atoms with E-state index in [-0.39, 0.29) is 30.4 Å². The smallest absolute Gasteiger partial charge is 0.317 e. The van der Waals surface area contributed by atoms with Crippen LogP contribution in [-0.4, -0.2) is 65.0 Å². The molecule has 6 nitrogen and oxygen atoms in total. The van der Waals surface area contributed by atoms with Gasteiger partial charge in [-0.05, 0) is 50.9 Å². The number of carbonyl (C=O) groups is 2. The third-order valence-electron chi connectivity index (χ3n) is 5.14. The molecular formula is C19H28FN3O3. The molecule has 1 aliphatic rings. The molecule has 0 aromatic heterocycles. The van der Waals surface area contributed by atoms with Gasteiger partial charge in [-0.2, -0.15) is 0 Å². The molecule has 2 rings (SSSR count). The second-order valence-corrected chi connectivity index (χ2v) is 6.85. The number of nitrogens with zero attached hydrogens (tertiary/aromatic N) is 2. The van der Waals surface area contributed by atoms with E-state index < -0.39 is 5.97 Å². The first-order valence-corrected chi connectivity index (χ1v) is 9.08. The topological polar surface area (TPSA) is 72.9 Å². The summed E-state index contributed by atoms with van der Waals surface area (Å²) in [6.07, 6.45) is 1.66. The second kappa shape index (κ2) is 9.09. The Bertz CT molecular complexity index is 645. The molecule has 1 saturated heterocycles. The Hall–Kier alpha value is -1.99. The van der Waals surface area contributed by atoms with E-state index in [2.05, 4.69) is 10.2 Å². The summed E-state index contributed by atoms with van der Waals surface area (Å²) in [7, 11) is 0. The lowest BCUT2D eigenvalue weighted by Gasteiger charge is -2.39. The maximum Gasteiger partial charge on any atom is 0.317 e. The number of amides is 1. The van der Waals surface area contributed by atoms with Gasteiger partial charge in [0.05, 0.1) is 12.6 Å². The van der Waals surface area contributed by atoms with Crippen molar-refractivity contribution in [2.45, 2.75) is 45.7 Å². The van der Waals surface area contributed by atoms with Crippen LogP contribution < -0.4 is 5.32 Å². The van der Waals surface area contributed by atoms with Crippen molar-refractivity contribution < 1.29 is 19.1 Å². The van der Waals surface area contributed by atoms with Gasteiger partial charge in [-0.25, -0.2) is 4.39 Å². The van der Waals surface area contributed by atoms with Crippen LogP contribution in [0.1, 0.15) is 32.3 Å². The molecular weight excluding hydrogens is 337 g/mol. The van der Waals surface area contributed by atoms with Gasteiger partial charge in [0.25, 0.3) is 0 Å². The molecule has 1 heterocycles. The Kier molecular flexibility index (Phi) is 7.11. The Balaban J connectivity index is 1.91. The zero-order valence-electron chi connectivity index (χ0n) is 15.7. The van der Waals surface area contributed by atoms with Crippen molar-refractivity contribution in [2.75, 3.05) is 31.5 Å². The largest absolute Gasteiger partial charge is 0.480 e. The molecule has 1 amide bonds. The number of anilines is 1. The number of benzene rings is 1. The Morgan fingerprint density at radius 1 is 1.38 bits per heavy atom. The molecule has 1 unspecified atom stereocenters. The fourth-order valence-corrected chi connectivity index (χ4v) is 3.44. The van der Waals surface area contributed by atoms with Crippen LogP contribution in [0.25, 0.3) is 0 Å². The van der Waals surface area contributed by atoms with Gasteiger partial charge in [0.2, 0.25) is 5.91 Å². The molecule has 1 aromatic carbocycles. The number of hydrogen-bond donors (Lipinski definition) is 2. The van der Waals surface area contributed by atoms with Crippen molar-refractivity contribution in [1.29, 1.82) is 0 Å². The summed E-state index contributed by atoms with van der Waals surface area (Å²) in [5.41, 5.74) is 1.31. The number of hydrogen-bond acceptors (Lipinski definition) is 4. The normalized spacial score (nSPS) is 17.3. The average molecular weight is 365 g/mol. The first-order chi connectivity index (χ1) is 12.3. The zero-order valence-corrected chi connectivity index (χ0v) is 15.7. The minimum atomic E-state index is -0.813. The average Bonchev–Trinajstić information content (AvgIpc) is 2.62. The molecule has 1 atom stereocenters. The molecule has 0 spiro atoms. The lowest BCUT2D eigenvalue weighted by atomic mass is 10.0. The number of nitrogens with one attached hydrogen (secondary N) is 1. The van der Waals surface area contributed by atoms with Gasteiger partial charge < -0.3 is 10.4 Å². The molecule has 144 valence electrons.